The van der Waals surface area contributed by atoms with Gasteiger partial charge in [0, 0.05) is 22.3 Å². The highest BCUT2D eigenvalue weighted by molar-refractivity contribution is 9.10. The number of aromatic nitrogens is 2. The minimum absolute atomic E-state index is 0.100. The first-order valence-corrected chi connectivity index (χ1v) is 6.56. The van der Waals surface area contributed by atoms with E-state index in [1.54, 1.807) is 12.4 Å². The monoisotopic (exact) mass is 314 g/mol. The van der Waals surface area contributed by atoms with E-state index < -0.39 is 0 Å². The molecule has 0 N–H and O–H groups in total. The molecular formula is C12H12BrClN2O. The van der Waals surface area contributed by atoms with Gasteiger partial charge in [0.2, 0.25) is 5.88 Å². The number of hydrogen-bond donors (Lipinski definition) is 0. The second kappa shape index (κ2) is 5.19. The molecule has 0 radical (unpaired) electrons. The van der Waals surface area contributed by atoms with Crippen LogP contribution in [-0.4, -0.2) is 16.1 Å². The van der Waals surface area contributed by atoms with Gasteiger partial charge in [-0.05, 0) is 35.3 Å². The Morgan fingerprint density at radius 3 is 2.94 bits per heavy atom. The number of pyridine rings is 2. The minimum atomic E-state index is 0.100. The van der Waals surface area contributed by atoms with Crippen molar-refractivity contribution >= 4 is 38.3 Å². The highest BCUT2D eigenvalue weighted by Gasteiger charge is 2.13. The maximum absolute atomic E-state index is 6.11. The van der Waals surface area contributed by atoms with Gasteiger partial charge in [-0.15, -0.1) is 0 Å². The molecule has 5 heteroatoms. The summed E-state index contributed by atoms with van der Waals surface area (Å²) in [5.41, 5.74) is 0. The molecule has 2 heterocycles. The van der Waals surface area contributed by atoms with Gasteiger partial charge < -0.3 is 4.74 Å². The number of ether oxygens (including phenoxy) is 1. The van der Waals surface area contributed by atoms with Crippen molar-refractivity contribution < 1.29 is 4.74 Å². The van der Waals surface area contributed by atoms with E-state index in [1.165, 1.54) is 0 Å². The summed E-state index contributed by atoms with van der Waals surface area (Å²) in [6, 6.07) is 1.89. The molecule has 0 saturated heterocycles. The van der Waals surface area contributed by atoms with Crippen LogP contribution in [0.4, 0.5) is 0 Å². The molecule has 0 aliphatic heterocycles. The molecule has 2 rings (SSSR count). The lowest BCUT2D eigenvalue weighted by Gasteiger charge is -2.14. The number of nitrogens with zero attached hydrogens (tertiary/aromatic N) is 2. The highest BCUT2D eigenvalue weighted by atomic mass is 79.9. The van der Waals surface area contributed by atoms with E-state index in [1.807, 2.05) is 13.0 Å². The van der Waals surface area contributed by atoms with Crippen LogP contribution < -0.4 is 4.74 Å². The summed E-state index contributed by atoms with van der Waals surface area (Å²) in [6.07, 6.45) is 4.40. The Bertz CT molecular complexity index is 547. The summed E-state index contributed by atoms with van der Waals surface area (Å²) in [7, 11) is 0. The predicted octanol–water partition coefficient (Wildman–Crippen LogP) is 4.22. The van der Waals surface area contributed by atoms with E-state index in [9.17, 15) is 0 Å². The molecule has 2 aromatic rings. The lowest BCUT2D eigenvalue weighted by atomic mass is 10.2. The minimum Gasteiger partial charge on any atom is -0.474 e. The average Bonchev–Trinajstić information content (AvgIpc) is 2.33. The summed E-state index contributed by atoms with van der Waals surface area (Å²) in [6.45, 7) is 4.06. The molecule has 0 aliphatic carbocycles. The van der Waals surface area contributed by atoms with Crippen LogP contribution >= 0.6 is 27.5 Å². The van der Waals surface area contributed by atoms with Gasteiger partial charge in [0.25, 0.3) is 0 Å². The highest BCUT2D eigenvalue weighted by Crippen LogP contribution is 2.33. The predicted molar refractivity (Wildman–Crippen MR) is 72.6 cm³/mol. The Labute approximate surface area is 113 Å². The molecule has 0 spiro atoms. The van der Waals surface area contributed by atoms with E-state index in [0.717, 1.165) is 21.7 Å². The summed E-state index contributed by atoms with van der Waals surface area (Å²) in [5.74, 6) is 0.538. The first-order valence-electron chi connectivity index (χ1n) is 5.38. The maximum Gasteiger partial charge on any atom is 0.224 e. The van der Waals surface area contributed by atoms with Gasteiger partial charge in [0.15, 0.2) is 0 Å². The fraction of sp³-hybridized carbons (Fsp3) is 0.333. The third kappa shape index (κ3) is 2.53. The fourth-order valence-corrected chi connectivity index (χ4v) is 2.12. The van der Waals surface area contributed by atoms with Crippen LogP contribution in [0, 0.1) is 0 Å². The van der Waals surface area contributed by atoms with Crippen molar-refractivity contribution in [2.45, 2.75) is 26.4 Å². The topological polar surface area (TPSA) is 35.0 Å². The molecule has 0 aliphatic rings. The van der Waals surface area contributed by atoms with E-state index in [0.29, 0.717) is 11.0 Å². The van der Waals surface area contributed by atoms with Crippen molar-refractivity contribution in [3.8, 4) is 5.88 Å². The molecule has 17 heavy (non-hydrogen) atoms. The second-order valence-corrected chi connectivity index (χ2v) is 4.98. The fourth-order valence-electron chi connectivity index (χ4n) is 1.45. The van der Waals surface area contributed by atoms with E-state index >= 15 is 0 Å². The largest absolute Gasteiger partial charge is 0.474 e. The first-order chi connectivity index (χ1) is 8.13. The van der Waals surface area contributed by atoms with Gasteiger partial charge >= 0.3 is 0 Å². The van der Waals surface area contributed by atoms with Crippen molar-refractivity contribution in [2.24, 2.45) is 0 Å². The summed E-state index contributed by atoms with van der Waals surface area (Å²) >= 11 is 9.55. The van der Waals surface area contributed by atoms with Crippen LogP contribution in [0.25, 0.3) is 10.8 Å². The van der Waals surface area contributed by atoms with Gasteiger partial charge in [-0.3, -0.25) is 0 Å². The van der Waals surface area contributed by atoms with Gasteiger partial charge in [0.1, 0.15) is 5.15 Å². The third-order valence-electron chi connectivity index (χ3n) is 2.56. The molecule has 1 atom stereocenters. The normalized spacial score (nSPS) is 12.7. The zero-order valence-electron chi connectivity index (χ0n) is 9.58. The van der Waals surface area contributed by atoms with Gasteiger partial charge in [0.05, 0.1) is 11.5 Å². The number of hydrogen-bond acceptors (Lipinski definition) is 3. The van der Waals surface area contributed by atoms with Crippen molar-refractivity contribution in [3.05, 3.63) is 28.1 Å². The van der Waals surface area contributed by atoms with Gasteiger partial charge in [-0.2, -0.15) is 0 Å². The summed E-state index contributed by atoms with van der Waals surface area (Å²) in [4.78, 5) is 8.33. The second-order valence-electron chi connectivity index (χ2n) is 3.77. The lowest BCUT2D eigenvalue weighted by Crippen LogP contribution is -2.11. The molecule has 2 aromatic heterocycles. The van der Waals surface area contributed by atoms with Crippen molar-refractivity contribution in [1.29, 1.82) is 0 Å². The Morgan fingerprint density at radius 2 is 2.24 bits per heavy atom. The van der Waals surface area contributed by atoms with Gasteiger partial charge in [-0.25, -0.2) is 9.97 Å². The third-order valence-corrected chi connectivity index (χ3v) is 3.48. The molecule has 90 valence electrons. The average molecular weight is 316 g/mol. The summed E-state index contributed by atoms with van der Waals surface area (Å²) in [5, 5.41) is 2.12. The van der Waals surface area contributed by atoms with Crippen LogP contribution in [-0.2, 0) is 0 Å². The SMILES string of the molecule is CCC(C)Oc1ncc(Br)c2ccnc(Cl)c12. The molecule has 0 bridgehead atoms. The zero-order valence-corrected chi connectivity index (χ0v) is 11.9. The van der Waals surface area contributed by atoms with E-state index in [2.05, 4.69) is 32.8 Å². The molecule has 0 saturated carbocycles. The Balaban J connectivity index is 2.60. The first kappa shape index (κ1) is 12.6. The molecule has 0 amide bonds. The number of halogens is 2. The quantitative estimate of drug-likeness (QED) is 0.795. The van der Waals surface area contributed by atoms with Crippen molar-refractivity contribution in [2.75, 3.05) is 0 Å². The van der Waals surface area contributed by atoms with Crippen LogP contribution in [0.3, 0.4) is 0 Å². The Morgan fingerprint density at radius 1 is 1.47 bits per heavy atom. The van der Waals surface area contributed by atoms with Crippen LogP contribution in [0.1, 0.15) is 20.3 Å². The molecule has 0 aromatic carbocycles. The number of rotatable bonds is 3. The maximum atomic E-state index is 6.11. The molecule has 1 unspecified atom stereocenters. The molecule has 3 nitrogen and oxygen atoms in total. The number of fused-ring (bicyclic) bond motifs is 1. The zero-order chi connectivity index (χ0) is 12.4. The molecule has 0 fully saturated rings. The van der Waals surface area contributed by atoms with E-state index in [4.69, 9.17) is 16.3 Å². The Hall–Kier alpha value is -0.870. The molecular weight excluding hydrogens is 304 g/mol. The standard InChI is InChI=1S/C12H12BrClN2O/c1-3-7(2)17-12-10-8(9(13)6-16-12)4-5-15-11(10)14/h4-7H,3H2,1-2H3. The van der Waals surface area contributed by atoms with Crippen molar-refractivity contribution in [3.63, 3.8) is 0 Å². The van der Waals surface area contributed by atoms with Crippen LogP contribution in [0.2, 0.25) is 5.15 Å². The summed E-state index contributed by atoms with van der Waals surface area (Å²) < 4.78 is 6.64. The van der Waals surface area contributed by atoms with Crippen molar-refractivity contribution in [1.82, 2.24) is 9.97 Å². The van der Waals surface area contributed by atoms with Crippen LogP contribution in [0.15, 0.2) is 22.9 Å². The van der Waals surface area contributed by atoms with Gasteiger partial charge in [-0.1, -0.05) is 18.5 Å². The lowest BCUT2D eigenvalue weighted by molar-refractivity contribution is 0.211. The Kier molecular flexibility index (Phi) is 3.84. The van der Waals surface area contributed by atoms with Crippen LogP contribution in [0.5, 0.6) is 5.88 Å². The van der Waals surface area contributed by atoms with E-state index in [-0.39, 0.29) is 6.10 Å². The smallest absolute Gasteiger partial charge is 0.224 e.